The van der Waals surface area contributed by atoms with Crippen LogP contribution in [0.1, 0.15) is 17.3 Å². The normalized spacial score (nSPS) is 12.2. The third-order valence-electron chi connectivity index (χ3n) is 2.74. The van der Waals surface area contributed by atoms with Crippen LogP contribution in [0.15, 0.2) is 36.5 Å². The van der Waals surface area contributed by atoms with E-state index in [2.05, 4.69) is 10.4 Å². The lowest BCUT2D eigenvalue weighted by Gasteiger charge is -2.18. The quantitative estimate of drug-likeness (QED) is 0.673. The molecule has 0 bridgehead atoms. The molecule has 19 heavy (non-hydrogen) atoms. The first-order chi connectivity index (χ1) is 9.17. The molecular formula is C13H13Cl2N3O. The van der Waals surface area contributed by atoms with Gasteiger partial charge in [0.1, 0.15) is 11.4 Å². The third kappa shape index (κ3) is 2.98. The highest BCUT2D eigenvalue weighted by Crippen LogP contribution is 2.31. The molecule has 0 aliphatic heterocycles. The van der Waals surface area contributed by atoms with Crippen molar-refractivity contribution in [1.29, 1.82) is 0 Å². The fraction of sp³-hybridized carbons (Fsp3) is 0.154. The summed E-state index contributed by atoms with van der Waals surface area (Å²) >= 11 is 11.9. The second-order valence-electron chi connectivity index (χ2n) is 3.86. The summed E-state index contributed by atoms with van der Waals surface area (Å²) in [6, 6.07) is 8.61. The van der Waals surface area contributed by atoms with Crippen LogP contribution in [0.5, 0.6) is 5.75 Å². The maximum atomic E-state index is 6.02. The summed E-state index contributed by atoms with van der Waals surface area (Å²) in [6.07, 6.45) is 1.68. The first-order valence-electron chi connectivity index (χ1n) is 5.57. The van der Waals surface area contributed by atoms with Gasteiger partial charge in [-0.25, -0.2) is 5.43 Å². The van der Waals surface area contributed by atoms with Gasteiger partial charge in [0.15, 0.2) is 0 Å². The van der Waals surface area contributed by atoms with Crippen molar-refractivity contribution in [2.75, 3.05) is 7.11 Å². The number of hydrazine groups is 1. The first kappa shape index (κ1) is 14.1. The van der Waals surface area contributed by atoms with E-state index >= 15 is 0 Å². The molecule has 1 unspecified atom stereocenters. The van der Waals surface area contributed by atoms with Crippen molar-refractivity contribution in [3.05, 3.63) is 57.8 Å². The summed E-state index contributed by atoms with van der Waals surface area (Å²) in [5.41, 5.74) is 4.25. The number of pyridine rings is 1. The van der Waals surface area contributed by atoms with Gasteiger partial charge < -0.3 is 4.74 Å². The minimum Gasteiger partial charge on any atom is -0.495 e. The van der Waals surface area contributed by atoms with E-state index in [4.69, 9.17) is 33.8 Å². The zero-order valence-electron chi connectivity index (χ0n) is 10.2. The molecule has 2 rings (SSSR count). The minimum atomic E-state index is -0.328. The Balaban J connectivity index is 2.46. The molecule has 0 saturated carbocycles. The number of halogens is 2. The molecule has 1 aromatic heterocycles. The molecule has 1 aromatic carbocycles. The molecule has 0 radical (unpaired) electrons. The van der Waals surface area contributed by atoms with Gasteiger partial charge in [-0.3, -0.25) is 10.8 Å². The number of ether oxygens (including phenoxy) is 1. The Morgan fingerprint density at radius 2 is 2.05 bits per heavy atom. The summed E-state index contributed by atoms with van der Waals surface area (Å²) in [7, 11) is 1.59. The fourth-order valence-corrected chi connectivity index (χ4v) is 2.12. The van der Waals surface area contributed by atoms with Crippen molar-refractivity contribution in [3.8, 4) is 5.75 Å². The summed E-state index contributed by atoms with van der Waals surface area (Å²) in [4.78, 5) is 4.31. The van der Waals surface area contributed by atoms with E-state index in [0.29, 0.717) is 21.5 Å². The Hall–Kier alpha value is -1.33. The second kappa shape index (κ2) is 6.21. The Bertz CT molecular complexity index is 578. The van der Waals surface area contributed by atoms with Gasteiger partial charge in [-0.2, -0.15) is 0 Å². The topological polar surface area (TPSA) is 60.2 Å². The average Bonchev–Trinajstić information content (AvgIpc) is 2.44. The molecule has 0 saturated heterocycles. The van der Waals surface area contributed by atoms with Crippen molar-refractivity contribution < 1.29 is 4.74 Å². The maximum absolute atomic E-state index is 6.02. The number of nitrogens with one attached hydrogen (secondary N) is 1. The summed E-state index contributed by atoms with van der Waals surface area (Å²) < 4.78 is 5.29. The Morgan fingerprint density at radius 3 is 2.68 bits per heavy atom. The van der Waals surface area contributed by atoms with E-state index in [9.17, 15) is 0 Å². The summed E-state index contributed by atoms with van der Waals surface area (Å²) in [5, 5.41) is 0.962. The molecule has 0 aliphatic rings. The van der Waals surface area contributed by atoms with Crippen LogP contribution in [0.2, 0.25) is 10.0 Å². The number of rotatable bonds is 4. The smallest absolute Gasteiger partial charge is 0.142 e. The highest BCUT2D eigenvalue weighted by Gasteiger charge is 2.19. The zero-order valence-corrected chi connectivity index (χ0v) is 11.7. The number of hydrogen-bond donors (Lipinski definition) is 2. The van der Waals surface area contributed by atoms with E-state index in [1.807, 2.05) is 12.1 Å². The highest BCUT2D eigenvalue weighted by atomic mass is 35.5. The number of nitrogens with zero attached hydrogens (tertiary/aromatic N) is 1. The zero-order chi connectivity index (χ0) is 13.8. The van der Waals surface area contributed by atoms with Gasteiger partial charge >= 0.3 is 0 Å². The van der Waals surface area contributed by atoms with E-state index in [0.717, 1.165) is 5.56 Å². The molecular weight excluding hydrogens is 285 g/mol. The fourth-order valence-electron chi connectivity index (χ4n) is 1.82. The van der Waals surface area contributed by atoms with Gasteiger partial charge in [-0.05, 0) is 29.8 Å². The van der Waals surface area contributed by atoms with E-state index in [1.54, 1.807) is 31.5 Å². The van der Waals surface area contributed by atoms with Crippen LogP contribution in [-0.4, -0.2) is 12.1 Å². The van der Waals surface area contributed by atoms with E-state index in [-0.39, 0.29) is 6.04 Å². The van der Waals surface area contributed by atoms with Crippen LogP contribution in [0.3, 0.4) is 0 Å². The van der Waals surface area contributed by atoms with Crippen molar-refractivity contribution in [1.82, 2.24) is 10.4 Å². The molecule has 3 N–H and O–H groups in total. The number of methoxy groups -OCH3 is 1. The SMILES string of the molecule is COc1cccnc1C(NN)c1ccc(Cl)c(Cl)c1. The largest absolute Gasteiger partial charge is 0.495 e. The Labute approximate surface area is 121 Å². The van der Waals surface area contributed by atoms with E-state index in [1.165, 1.54) is 0 Å². The molecule has 0 amide bonds. The third-order valence-corrected chi connectivity index (χ3v) is 3.48. The molecule has 1 atom stereocenters. The number of nitrogens with two attached hydrogens (primary N) is 1. The van der Waals surface area contributed by atoms with Crippen LogP contribution in [0.4, 0.5) is 0 Å². The summed E-state index contributed by atoms with van der Waals surface area (Å²) in [5.74, 6) is 6.28. The molecule has 4 nitrogen and oxygen atoms in total. The average molecular weight is 298 g/mol. The van der Waals surface area contributed by atoms with Crippen LogP contribution in [0.25, 0.3) is 0 Å². The molecule has 1 heterocycles. The predicted octanol–water partition coefficient (Wildman–Crippen LogP) is 2.95. The monoisotopic (exact) mass is 297 g/mol. The van der Waals surface area contributed by atoms with Gasteiger partial charge in [0.2, 0.25) is 0 Å². The molecule has 0 fully saturated rings. The van der Waals surface area contributed by atoms with Crippen molar-refractivity contribution in [3.63, 3.8) is 0 Å². The predicted molar refractivity (Wildman–Crippen MR) is 76.4 cm³/mol. The van der Waals surface area contributed by atoms with Crippen LogP contribution in [0, 0.1) is 0 Å². The second-order valence-corrected chi connectivity index (χ2v) is 4.68. The maximum Gasteiger partial charge on any atom is 0.142 e. The van der Waals surface area contributed by atoms with Gasteiger partial charge in [0.25, 0.3) is 0 Å². The lowest BCUT2D eigenvalue weighted by Crippen LogP contribution is -2.29. The lowest BCUT2D eigenvalue weighted by molar-refractivity contribution is 0.400. The number of benzene rings is 1. The van der Waals surface area contributed by atoms with Crippen molar-refractivity contribution in [2.45, 2.75) is 6.04 Å². The first-order valence-corrected chi connectivity index (χ1v) is 6.33. The van der Waals surface area contributed by atoms with Crippen molar-refractivity contribution in [2.24, 2.45) is 5.84 Å². The molecule has 100 valence electrons. The van der Waals surface area contributed by atoms with Gasteiger partial charge in [0.05, 0.1) is 23.2 Å². The summed E-state index contributed by atoms with van der Waals surface area (Å²) in [6.45, 7) is 0. The van der Waals surface area contributed by atoms with Gasteiger partial charge in [0, 0.05) is 6.20 Å². The van der Waals surface area contributed by atoms with Crippen molar-refractivity contribution >= 4 is 23.2 Å². The van der Waals surface area contributed by atoms with Crippen LogP contribution >= 0.6 is 23.2 Å². The minimum absolute atomic E-state index is 0.328. The molecule has 6 heteroatoms. The van der Waals surface area contributed by atoms with Crippen LogP contribution in [-0.2, 0) is 0 Å². The number of hydrogen-bond acceptors (Lipinski definition) is 4. The molecule has 0 spiro atoms. The van der Waals surface area contributed by atoms with E-state index < -0.39 is 0 Å². The Morgan fingerprint density at radius 1 is 1.26 bits per heavy atom. The molecule has 0 aliphatic carbocycles. The highest BCUT2D eigenvalue weighted by molar-refractivity contribution is 6.42. The lowest BCUT2D eigenvalue weighted by atomic mass is 10.0. The van der Waals surface area contributed by atoms with Gasteiger partial charge in [-0.1, -0.05) is 29.3 Å². The molecule has 2 aromatic rings. The Kier molecular flexibility index (Phi) is 4.61. The number of aromatic nitrogens is 1. The van der Waals surface area contributed by atoms with Gasteiger partial charge in [-0.15, -0.1) is 0 Å². The van der Waals surface area contributed by atoms with Crippen LogP contribution < -0.4 is 16.0 Å². The standard InChI is InChI=1S/C13H13Cl2N3O/c1-19-11-3-2-6-17-13(11)12(18-16)8-4-5-9(14)10(15)7-8/h2-7,12,18H,16H2,1H3.